The number of nitro benzene ring substituents is 1. The largest absolute Gasteiger partial charge is 0.484 e. The van der Waals surface area contributed by atoms with Crippen molar-refractivity contribution in [1.29, 1.82) is 0 Å². The van der Waals surface area contributed by atoms with E-state index in [0.717, 1.165) is 0 Å². The Kier molecular flexibility index (Phi) is 2.34. The molecule has 0 aliphatic carbocycles. The molecule has 0 radical (unpaired) electrons. The van der Waals surface area contributed by atoms with Crippen LogP contribution in [0, 0.1) is 10.1 Å². The Labute approximate surface area is 103 Å². The lowest BCUT2D eigenvalue weighted by Crippen LogP contribution is -2.42. The first-order valence-corrected chi connectivity index (χ1v) is 5.68. The van der Waals surface area contributed by atoms with E-state index in [1.165, 1.54) is 18.2 Å². The van der Waals surface area contributed by atoms with Gasteiger partial charge >= 0.3 is 0 Å². The van der Waals surface area contributed by atoms with Crippen LogP contribution in [0.4, 0.5) is 5.69 Å². The van der Waals surface area contributed by atoms with Crippen LogP contribution >= 0.6 is 0 Å². The maximum absolute atomic E-state index is 12.1. The van der Waals surface area contributed by atoms with Gasteiger partial charge in [0.05, 0.1) is 30.1 Å². The number of carbonyl (C=O) groups excluding carboxylic acids is 1. The summed E-state index contributed by atoms with van der Waals surface area (Å²) in [6.45, 7) is 0.977. The highest BCUT2D eigenvalue weighted by molar-refractivity contribution is 6.01. The van der Waals surface area contributed by atoms with Crippen LogP contribution in [0.2, 0.25) is 0 Å². The Balaban J connectivity index is 2.01. The molecule has 1 aromatic rings. The van der Waals surface area contributed by atoms with E-state index in [2.05, 4.69) is 0 Å². The topological polar surface area (TPSA) is 78.7 Å². The quantitative estimate of drug-likeness (QED) is 0.559. The van der Waals surface area contributed by atoms with E-state index in [-0.39, 0.29) is 17.9 Å². The number of ether oxygens (including phenoxy) is 2. The Morgan fingerprint density at radius 2 is 2.22 bits per heavy atom. The van der Waals surface area contributed by atoms with E-state index in [4.69, 9.17) is 9.47 Å². The second-order valence-corrected chi connectivity index (χ2v) is 4.63. The molecule has 18 heavy (non-hydrogen) atoms. The molecule has 2 aliphatic heterocycles. The second kappa shape index (κ2) is 3.78. The van der Waals surface area contributed by atoms with Crippen LogP contribution in [0.25, 0.3) is 0 Å². The average Bonchev–Trinajstić information content (AvgIpc) is 2.76. The summed E-state index contributed by atoms with van der Waals surface area (Å²) in [4.78, 5) is 22.2. The fraction of sp³-hybridized carbons (Fsp3) is 0.417. The molecule has 3 rings (SSSR count). The number of fused-ring (bicyclic) bond motifs is 1. The summed E-state index contributed by atoms with van der Waals surface area (Å²) in [5.41, 5.74) is -0.369. The van der Waals surface area contributed by atoms with E-state index in [1.807, 2.05) is 0 Å². The monoisotopic (exact) mass is 249 g/mol. The zero-order valence-electron chi connectivity index (χ0n) is 9.55. The fourth-order valence-corrected chi connectivity index (χ4v) is 2.40. The molecule has 0 aromatic heterocycles. The van der Waals surface area contributed by atoms with Gasteiger partial charge in [0.1, 0.15) is 11.4 Å². The van der Waals surface area contributed by atoms with Crippen molar-refractivity contribution in [1.82, 2.24) is 0 Å². The third kappa shape index (κ3) is 1.65. The SMILES string of the molecule is O=C1CC2(CCOC2)Oc2ccc([N+](=O)[O-])cc21. The van der Waals surface area contributed by atoms with Crippen molar-refractivity contribution >= 4 is 11.5 Å². The number of hydrogen-bond donors (Lipinski definition) is 0. The van der Waals surface area contributed by atoms with E-state index in [9.17, 15) is 14.9 Å². The number of non-ortho nitro benzene ring substituents is 1. The molecule has 6 nitrogen and oxygen atoms in total. The highest BCUT2D eigenvalue weighted by Gasteiger charge is 2.44. The molecule has 6 heteroatoms. The number of benzene rings is 1. The van der Waals surface area contributed by atoms with Crippen molar-refractivity contribution in [2.24, 2.45) is 0 Å². The predicted molar refractivity (Wildman–Crippen MR) is 60.8 cm³/mol. The van der Waals surface area contributed by atoms with Gasteiger partial charge in [-0.2, -0.15) is 0 Å². The van der Waals surface area contributed by atoms with Crippen molar-refractivity contribution in [2.45, 2.75) is 18.4 Å². The summed E-state index contributed by atoms with van der Waals surface area (Å²) < 4.78 is 11.1. The van der Waals surface area contributed by atoms with Crippen LogP contribution in [0.3, 0.4) is 0 Å². The van der Waals surface area contributed by atoms with Gasteiger partial charge in [-0.05, 0) is 6.07 Å². The molecule has 1 aromatic carbocycles. The first kappa shape index (κ1) is 11.2. The molecule has 0 bridgehead atoms. The lowest BCUT2D eigenvalue weighted by atomic mass is 9.89. The van der Waals surface area contributed by atoms with Crippen LogP contribution in [-0.4, -0.2) is 29.5 Å². The molecule has 1 fully saturated rings. The van der Waals surface area contributed by atoms with E-state index < -0.39 is 10.5 Å². The van der Waals surface area contributed by atoms with Gasteiger partial charge in [-0.15, -0.1) is 0 Å². The van der Waals surface area contributed by atoms with Gasteiger partial charge in [0.2, 0.25) is 0 Å². The lowest BCUT2D eigenvalue weighted by molar-refractivity contribution is -0.384. The smallest absolute Gasteiger partial charge is 0.270 e. The summed E-state index contributed by atoms with van der Waals surface area (Å²) >= 11 is 0. The molecule has 0 saturated carbocycles. The van der Waals surface area contributed by atoms with Crippen LogP contribution in [0.1, 0.15) is 23.2 Å². The number of hydrogen-bond acceptors (Lipinski definition) is 5. The van der Waals surface area contributed by atoms with Crippen molar-refractivity contribution < 1.29 is 19.2 Å². The van der Waals surface area contributed by atoms with Crippen molar-refractivity contribution in [3.63, 3.8) is 0 Å². The molecular weight excluding hydrogens is 238 g/mol. The lowest BCUT2D eigenvalue weighted by Gasteiger charge is -2.33. The summed E-state index contributed by atoms with van der Waals surface area (Å²) in [5, 5.41) is 10.7. The minimum Gasteiger partial charge on any atom is -0.484 e. The highest BCUT2D eigenvalue weighted by Crippen LogP contribution is 2.39. The number of carbonyl (C=O) groups is 1. The van der Waals surface area contributed by atoms with Gasteiger partial charge in [-0.1, -0.05) is 0 Å². The highest BCUT2D eigenvalue weighted by atomic mass is 16.6. The molecule has 2 aliphatic rings. The van der Waals surface area contributed by atoms with E-state index in [0.29, 0.717) is 30.9 Å². The maximum atomic E-state index is 12.1. The number of rotatable bonds is 1. The van der Waals surface area contributed by atoms with Crippen LogP contribution in [-0.2, 0) is 4.74 Å². The van der Waals surface area contributed by atoms with E-state index >= 15 is 0 Å². The summed E-state index contributed by atoms with van der Waals surface area (Å²) in [7, 11) is 0. The fourth-order valence-electron chi connectivity index (χ4n) is 2.40. The number of Topliss-reactive ketones (excluding diaryl/α,β-unsaturated/α-hetero) is 1. The van der Waals surface area contributed by atoms with Gasteiger partial charge < -0.3 is 9.47 Å². The van der Waals surface area contributed by atoms with Crippen molar-refractivity contribution in [3.8, 4) is 5.75 Å². The molecule has 0 N–H and O–H groups in total. The van der Waals surface area contributed by atoms with Gasteiger partial charge in [0.25, 0.3) is 5.69 Å². The number of nitro groups is 1. The van der Waals surface area contributed by atoms with Crippen molar-refractivity contribution in [2.75, 3.05) is 13.2 Å². The Morgan fingerprint density at radius 3 is 2.89 bits per heavy atom. The minimum absolute atomic E-state index is 0.0932. The van der Waals surface area contributed by atoms with Gasteiger partial charge in [-0.25, -0.2) is 0 Å². The maximum Gasteiger partial charge on any atom is 0.270 e. The van der Waals surface area contributed by atoms with Crippen LogP contribution in [0.15, 0.2) is 18.2 Å². The average molecular weight is 249 g/mol. The molecule has 1 atom stereocenters. The Morgan fingerprint density at radius 1 is 1.39 bits per heavy atom. The summed E-state index contributed by atoms with van der Waals surface area (Å²) in [6.07, 6.45) is 0.899. The molecule has 94 valence electrons. The summed E-state index contributed by atoms with van der Waals surface area (Å²) in [5.74, 6) is 0.299. The molecule has 1 spiro atoms. The standard InChI is InChI=1S/C12H11NO5/c14-10-6-12(3-4-17-7-12)18-11-2-1-8(13(15)16)5-9(10)11/h1-2,5H,3-4,6-7H2. The Hall–Kier alpha value is -1.95. The first-order valence-electron chi connectivity index (χ1n) is 5.68. The zero-order valence-corrected chi connectivity index (χ0v) is 9.55. The zero-order chi connectivity index (χ0) is 12.8. The Bertz CT molecular complexity index is 533. The number of nitrogens with zero attached hydrogens (tertiary/aromatic N) is 1. The predicted octanol–water partition coefficient (Wildman–Crippen LogP) is 1.72. The third-order valence-corrected chi connectivity index (χ3v) is 3.35. The normalized spacial score (nSPS) is 25.9. The number of ketones is 1. The molecular formula is C12H11NO5. The molecule has 0 amide bonds. The molecule has 1 saturated heterocycles. The van der Waals surface area contributed by atoms with Crippen LogP contribution in [0.5, 0.6) is 5.75 Å². The first-order chi connectivity index (χ1) is 8.60. The van der Waals surface area contributed by atoms with Gasteiger partial charge in [0, 0.05) is 18.6 Å². The van der Waals surface area contributed by atoms with Gasteiger partial charge in [-0.3, -0.25) is 14.9 Å². The second-order valence-electron chi connectivity index (χ2n) is 4.63. The minimum atomic E-state index is -0.569. The third-order valence-electron chi connectivity index (χ3n) is 3.35. The molecule has 2 heterocycles. The van der Waals surface area contributed by atoms with E-state index in [1.54, 1.807) is 0 Å². The van der Waals surface area contributed by atoms with Gasteiger partial charge in [0.15, 0.2) is 5.78 Å². The summed E-state index contributed by atoms with van der Waals surface area (Å²) in [6, 6.07) is 4.12. The van der Waals surface area contributed by atoms with Crippen molar-refractivity contribution in [3.05, 3.63) is 33.9 Å². The molecule has 1 unspecified atom stereocenters. The van der Waals surface area contributed by atoms with Crippen LogP contribution < -0.4 is 4.74 Å².